The zero-order valence-electron chi connectivity index (χ0n) is 13.9. The summed E-state index contributed by atoms with van der Waals surface area (Å²) in [5.41, 5.74) is 1.87. The Morgan fingerprint density at radius 1 is 1.35 bits per heavy atom. The van der Waals surface area contributed by atoms with Gasteiger partial charge in [0.25, 0.3) is 0 Å². The van der Waals surface area contributed by atoms with Crippen molar-refractivity contribution < 1.29 is 9.53 Å². The van der Waals surface area contributed by atoms with Crippen LogP contribution in [0.4, 0.5) is 0 Å². The van der Waals surface area contributed by atoms with Crippen molar-refractivity contribution in [3.63, 3.8) is 0 Å². The van der Waals surface area contributed by atoms with Gasteiger partial charge in [0, 0.05) is 0 Å². The van der Waals surface area contributed by atoms with E-state index in [9.17, 15) is 4.79 Å². The molecule has 0 unspecified atom stereocenters. The lowest BCUT2D eigenvalue weighted by Crippen LogP contribution is -2.35. The Bertz CT molecular complexity index is 671. The second-order valence-electron chi connectivity index (χ2n) is 7.19. The molecule has 0 bridgehead atoms. The first-order chi connectivity index (χ1) is 11.0. The largest absolute Gasteiger partial charge is 0.461 e. The van der Waals surface area contributed by atoms with Crippen LogP contribution < -0.4 is 0 Å². The van der Waals surface area contributed by atoms with Crippen LogP contribution in [0, 0.1) is 11.3 Å². The van der Waals surface area contributed by atoms with E-state index in [1.54, 1.807) is 4.68 Å². The average molecular weight is 313 g/mol. The fraction of sp³-hybridized carbons (Fsp3) is 0.500. The number of carbonyl (C=O) groups is 1. The fourth-order valence-electron chi connectivity index (χ4n) is 3.44. The molecule has 0 N–H and O–H groups in total. The molecule has 1 aliphatic rings. The summed E-state index contributed by atoms with van der Waals surface area (Å²) in [6, 6.07) is 9.87. The Morgan fingerprint density at radius 3 is 2.70 bits per heavy atom. The molecule has 2 aromatic rings. The number of aromatic nitrogens is 3. The molecule has 1 saturated carbocycles. The predicted octanol–water partition coefficient (Wildman–Crippen LogP) is 3.48. The monoisotopic (exact) mass is 313 g/mol. The molecule has 1 aliphatic carbocycles. The lowest BCUT2D eigenvalue weighted by Gasteiger charge is -2.42. The van der Waals surface area contributed by atoms with E-state index >= 15 is 0 Å². The van der Waals surface area contributed by atoms with Crippen molar-refractivity contribution in [1.29, 1.82) is 0 Å². The molecular weight excluding hydrogens is 290 g/mol. The topological polar surface area (TPSA) is 57.0 Å². The zero-order valence-corrected chi connectivity index (χ0v) is 13.9. The Hall–Kier alpha value is -2.17. The third-order valence-corrected chi connectivity index (χ3v) is 4.57. The number of benzene rings is 1. The van der Waals surface area contributed by atoms with Crippen LogP contribution in [-0.4, -0.2) is 27.6 Å². The van der Waals surface area contributed by atoms with Crippen LogP contribution in [0.5, 0.6) is 0 Å². The third kappa shape index (κ3) is 3.44. The molecule has 1 atom stereocenters. The number of ether oxygens (including phenoxy) is 1. The molecule has 5 heteroatoms. The van der Waals surface area contributed by atoms with Crippen LogP contribution in [0.15, 0.2) is 36.5 Å². The molecule has 1 aromatic heterocycles. The van der Waals surface area contributed by atoms with Gasteiger partial charge in [0.1, 0.15) is 0 Å². The number of hydrogen-bond acceptors (Lipinski definition) is 4. The summed E-state index contributed by atoms with van der Waals surface area (Å²) in [7, 11) is 0. The summed E-state index contributed by atoms with van der Waals surface area (Å²) in [5, 5.41) is 7.95. The quantitative estimate of drug-likeness (QED) is 0.793. The van der Waals surface area contributed by atoms with Gasteiger partial charge in [-0.05, 0) is 36.7 Å². The number of esters is 1. The highest BCUT2D eigenvalue weighted by Crippen LogP contribution is 2.44. The molecule has 0 amide bonds. The molecule has 3 rings (SSSR count). The smallest absolute Gasteiger partial charge is 0.358 e. The van der Waals surface area contributed by atoms with Crippen molar-refractivity contribution in [3.8, 4) is 0 Å². The van der Waals surface area contributed by atoms with Gasteiger partial charge in [-0.1, -0.05) is 49.4 Å². The lowest BCUT2D eigenvalue weighted by molar-refractivity contribution is 0.00880. The van der Waals surface area contributed by atoms with Gasteiger partial charge in [-0.15, -0.1) is 5.10 Å². The lowest BCUT2D eigenvalue weighted by atomic mass is 9.65. The van der Waals surface area contributed by atoms with E-state index in [2.05, 4.69) is 24.2 Å². The highest BCUT2D eigenvalue weighted by Gasteiger charge is 2.36. The summed E-state index contributed by atoms with van der Waals surface area (Å²) in [4.78, 5) is 12.3. The van der Waals surface area contributed by atoms with Crippen LogP contribution in [0.2, 0.25) is 0 Å². The summed E-state index contributed by atoms with van der Waals surface area (Å²) < 4.78 is 7.10. The normalized spacial score (nSPS) is 18.2. The van der Waals surface area contributed by atoms with Crippen molar-refractivity contribution in [2.24, 2.45) is 11.3 Å². The maximum absolute atomic E-state index is 12.3. The van der Waals surface area contributed by atoms with Gasteiger partial charge in [0.15, 0.2) is 5.69 Å². The Labute approximate surface area is 136 Å². The van der Waals surface area contributed by atoms with Gasteiger partial charge in [-0.3, -0.25) is 0 Å². The highest BCUT2D eigenvalue weighted by atomic mass is 16.5. The van der Waals surface area contributed by atoms with Crippen molar-refractivity contribution >= 4 is 5.97 Å². The Balaban J connectivity index is 1.65. The summed E-state index contributed by atoms with van der Waals surface area (Å²) in [5.74, 6) is 0.132. The molecule has 23 heavy (non-hydrogen) atoms. The van der Waals surface area contributed by atoms with Crippen LogP contribution >= 0.6 is 0 Å². The maximum atomic E-state index is 12.3. The molecule has 0 aliphatic heterocycles. The highest BCUT2D eigenvalue weighted by molar-refractivity contribution is 5.87. The van der Waals surface area contributed by atoms with E-state index in [0.29, 0.717) is 23.6 Å². The summed E-state index contributed by atoms with van der Waals surface area (Å²) in [6.45, 7) is 6.96. The summed E-state index contributed by atoms with van der Waals surface area (Å²) in [6.07, 6.45) is 3.70. The van der Waals surface area contributed by atoms with E-state index < -0.39 is 0 Å². The molecule has 0 radical (unpaired) electrons. The number of nitrogens with zero attached hydrogens (tertiary/aromatic N) is 3. The number of rotatable bonds is 5. The maximum Gasteiger partial charge on any atom is 0.358 e. The minimum Gasteiger partial charge on any atom is -0.461 e. The zero-order chi connectivity index (χ0) is 16.4. The molecule has 0 saturated heterocycles. The van der Waals surface area contributed by atoms with Crippen molar-refractivity contribution in [2.75, 3.05) is 6.61 Å². The second kappa shape index (κ2) is 6.14. The van der Waals surface area contributed by atoms with Gasteiger partial charge in [-0.2, -0.15) is 0 Å². The first-order valence-electron chi connectivity index (χ1n) is 8.08. The van der Waals surface area contributed by atoms with Crippen LogP contribution in [-0.2, 0) is 4.74 Å². The molecule has 5 nitrogen and oxygen atoms in total. The van der Waals surface area contributed by atoms with Crippen molar-refractivity contribution in [2.45, 2.75) is 39.7 Å². The second-order valence-corrected chi connectivity index (χ2v) is 7.19. The van der Waals surface area contributed by atoms with Crippen LogP contribution in [0.3, 0.4) is 0 Å². The van der Waals surface area contributed by atoms with Gasteiger partial charge >= 0.3 is 5.97 Å². The van der Waals surface area contributed by atoms with Gasteiger partial charge in [0.2, 0.25) is 0 Å². The minimum atomic E-state index is -0.345. The molecule has 1 aromatic carbocycles. The SMILES string of the molecule is C[C@H](c1ccccc1)n1nncc1C(=O)OCC1CC(C)(C)C1. The predicted molar refractivity (Wildman–Crippen MR) is 87.1 cm³/mol. The number of carbonyl (C=O) groups excluding carboxylic acids is 1. The molecule has 122 valence electrons. The standard InChI is InChI=1S/C18H23N3O2/c1-13(15-7-5-4-6-8-15)21-16(11-19-20-21)17(22)23-12-14-9-18(2,3)10-14/h4-8,11,13-14H,9-10,12H2,1-3H3/t13-/m1/s1. The molecule has 1 heterocycles. The van der Waals surface area contributed by atoms with Gasteiger partial charge < -0.3 is 4.74 Å². The van der Waals surface area contributed by atoms with Crippen LogP contribution in [0.25, 0.3) is 0 Å². The van der Waals surface area contributed by atoms with Crippen molar-refractivity contribution in [3.05, 3.63) is 47.8 Å². The van der Waals surface area contributed by atoms with E-state index in [-0.39, 0.29) is 12.0 Å². The third-order valence-electron chi connectivity index (χ3n) is 4.57. The van der Waals surface area contributed by atoms with Crippen molar-refractivity contribution in [1.82, 2.24) is 15.0 Å². The molecular formula is C18H23N3O2. The van der Waals surface area contributed by atoms with E-state index in [1.165, 1.54) is 6.20 Å². The fourth-order valence-corrected chi connectivity index (χ4v) is 3.44. The number of hydrogen-bond donors (Lipinski definition) is 0. The molecule has 0 spiro atoms. The minimum absolute atomic E-state index is 0.0658. The first-order valence-corrected chi connectivity index (χ1v) is 8.08. The first kappa shape index (κ1) is 15.7. The Kier molecular flexibility index (Phi) is 4.20. The van der Waals surface area contributed by atoms with E-state index in [0.717, 1.165) is 18.4 Å². The van der Waals surface area contributed by atoms with E-state index in [1.807, 2.05) is 37.3 Å². The van der Waals surface area contributed by atoms with Gasteiger partial charge in [0.05, 0.1) is 18.8 Å². The molecule has 1 fully saturated rings. The van der Waals surface area contributed by atoms with E-state index in [4.69, 9.17) is 4.74 Å². The Morgan fingerprint density at radius 2 is 2.04 bits per heavy atom. The van der Waals surface area contributed by atoms with Crippen LogP contribution in [0.1, 0.15) is 55.7 Å². The van der Waals surface area contributed by atoms with Gasteiger partial charge in [-0.25, -0.2) is 9.48 Å². The average Bonchev–Trinajstić information content (AvgIpc) is 3.00. The summed E-state index contributed by atoms with van der Waals surface area (Å²) >= 11 is 0.